The van der Waals surface area contributed by atoms with Gasteiger partial charge < -0.3 is 24.6 Å². The second-order valence-electron chi connectivity index (χ2n) is 9.09. The zero-order valence-electron chi connectivity index (χ0n) is 21.1. The first-order valence-electron chi connectivity index (χ1n) is 11.8. The number of halogens is 1. The van der Waals surface area contributed by atoms with Gasteiger partial charge in [-0.2, -0.15) is 0 Å². The molecule has 0 radical (unpaired) electrons. The van der Waals surface area contributed by atoms with Crippen LogP contribution in [0.5, 0.6) is 11.5 Å². The van der Waals surface area contributed by atoms with Gasteiger partial charge in [0.2, 0.25) is 0 Å². The van der Waals surface area contributed by atoms with E-state index in [1.165, 1.54) is 6.33 Å². The maximum absolute atomic E-state index is 11.8. The Labute approximate surface area is 221 Å². The number of ether oxygens (including phenoxy) is 2. The van der Waals surface area contributed by atoms with E-state index in [0.29, 0.717) is 53.1 Å². The highest BCUT2D eigenvalue weighted by Gasteiger charge is 2.20. The number of hydrogen-bond donors (Lipinski definition) is 2. The third kappa shape index (κ3) is 7.05. The van der Waals surface area contributed by atoms with Crippen LogP contribution in [0.3, 0.4) is 0 Å². The normalized spacial score (nSPS) is 11.2. The fraction of sp³-hybridized carbons (Fsp3) is 0.259. The number of benzene rings is 2. The number of nitrogens with zero attached hydrogens (tertiary/aromatic N) is 4. The maximum Gasteiger partial charge on any atom is 0.274 e. The van der Waals surface area contributed by atoms with E-state index in [2.05, 4.69) is 25.6 Å². The standard InChI is InChI=1S/C27H29ClN6O3/c1-29-25(35)16-34(2,3)13-14-36-24-9-6-8-22-26(24)27(32-18-31-22)33-19-10-11-23(21(28)15-19)37-17-20-7-4-5-12-30-20/h4-12,15,18H,13-14,16-17H2,1-3H3,(H-,29,31,32,33,35)/p+1. The van der Waals surface area contributed by atoms with E-state index >= 15 is 0 Å². The molecule has 0 atom stereocenters. The van der Waals surface area contributed by atoms with Crippen molar-refractivity contribution in [1.29, 1.82) is 0 Å². The number of quaternary nitrogens is 1. The molecule has 0 aliphatic heterocycles. The molecule has 0 saturated heterocycles. The van der Waals surface area contributed by atoms with Crippen molar-refractivity contribution in [3.8, 4) is 11.5 Å². The molecule has 10 heteroatoms. The maximum atomic E-state index is 11.8. The first-order valence-corrected chi connectivity index (χ1v) is 12.2. The molecule has 4 rings (SSSR count). The SMILES string of the molecule is CNC(=O)C[N+](C)(C)CCOc1cccc2ncnc(Nc3ccc(OCc4ccccn4)c(Cl)c3)c12. The summed E-state index contributed by atoms with van der Waals surface area (Å²) in [6.45, 7) is 1.76. The van der Waals surface area contributed by atoms with Gasteiger partial charge in [-0.3, -0.25) is 9.78 Å². The summed E-state index contributed by atoms with van der Waals surface area (Å²) in [6, 6.07) is 16.8. The van der Waals surface area contributed by atoms with Gasteiger partial charge in [0.25, 0.3) is 5.91 Å². The number of amides is 1. The summed E-state index contributed by atoms with van der Waals surface area (Å²) in [5, 5.41) is 7.22. The van der Waals surface area contributed by atoms with Crippen molar-refractivity contribution in [3.05, 3.63) is 77.8 Å². The van der Waals surface area contributed by atoms with Gasteiger partial charge in [-0.05, 0) is 42.5 Å². The first-order chi connectivity index (χ1) is 17.8. The Morgan fingerprint density at radius 1 is 1.00 bits per heavy atom. The van der Waals surface area contributed by atoms with Gasteiger partial charge in [-0.15, -0.1) is 0 Å². The Bertz CT molecular complexity index is 1360. The molecule has 0 unspecified atom stereocenters. The quantitative estimate of drug-likeness (QED) is 0.285. The van der Waals surface area contributed by atoms with Crippen LogP contribution in [0.2, 0.25) is 5.02 Å². The zero-order chi connectivity index (χ0) is 26.3. The van der Waals surface area contributed by atoms with E-state index < -0.39 is 0 Å². The predicted molar refractivity (Wildman–Crippen MR) is 144 cm³/mol. The lowest BCUT2D eigenvalue weighted by Crippen LogP contribution is -2.48. The Morgan fingerprint density at radius 2 is 1.86 bits per heavy atom. The van der Waals surface area contributed by atoms with Crippen molar-refractivity contribution in [2.75, 3.05) is 46.2 Å². The molecule has 0 spiro atoms. The number of nitrogens with one attached hydrogen (secondary N) is 2. The van der Waals surface area contributed by atoms with Crippen molar-refractivity contribution in [1.82, 2.24) is 20.3 Å². The lowest BCUT2D eigenvalue weighted by atomic mass is 10.2. The van der Waals surface area contributed by atoms with Gasteiger partial charge >= 0.3 is 0 Å². The number of fused-ring (bicyclic) bond motifs is 1. The van der Waals surface area contributed by atoms with Crippen LogP contribution in [-0.4, -0.2) is 66.2 Å². The molecule has 192 valence electrons. The van der Waals surface area contributed by atoms with Crippen LogP contribution in [0.1, 0.15) is 5.69 Å². The third-order valence-corrected chi connectivity index (χ3v) is 6.02. The van der Waals surface area contributed by atoms with Crippen molar-refractivity contribution >= 4 is 39.9 Å². The predicted octanol–water partition coefficient (Wildman–Crippen LogP) is 4.20. The second-order valence-corrected chi connectivity index (χ2v) is 9.50. The van der Waals surface area contributed by atoms with Crippen LogP contribution in [-0.2, 0) is 11.4 Å². The average molecular weight is 522 g/mol. The third-order valence-electron chi connectivity index (χ3n) is 5.73. The molecular formula is C27H30ClN6O3+. The molecule has 37 heavy (non-hydrogen) atoms. The molecule has 0 fully saturated rings. The van der Waals surface area contributed by atoms with Crippen molar-refractivity contribution in [2.45, 2.75) is 6.61 Å². The minimum atomic E-state index is -0.0122. The van der Waals surface area contributed by atoms with Crippen LogP contribution in [0, 0.1) is 0 Å². The molecule has 2 heterocycles. The van der Waals surface area contributed by atoms with Crippen molar-refractivity contribution in [3.63, 3.8) is 0 Å². The molecule has 2 N–H and O–H groups in total. The monoisotopic (exact) mass is 521 g/mol. The number of carbonyl (C=O) groups excluding carboxylic acids is 1. The second kappa shape index (κ2) is 11.9. The van der Waals surface area contributed by atoms with Gasteiger partial charge in [-0.1, -0.05) is 23.7 Å². The van der Waals surface area contributed by atoms with Gasteiger partial charge in [0.15, 0.2) is 6.54 Å². The van der Waals surface area contributed by atoms with Crippen molar-refractivity contribution in [2.24, 2.45) is 0 Å². The first kappa shape index (κ1) is 26.1. The van der Waals surface area contributed by atoms with Crippen LogP contribution >= 0.6 is 11.6 Å². The number of aromatic nitrogens is 3. The summed E-state index contributed by atoms with van der Waals surface area (Å²) in [6.07, 6.45) is 3.23. The van der Waals surface area contributed by atoms with Crippen molar-refractivity contribution < 1.29 is 18.8 Å². The minimum absolute atomic E-state index is 0.0122. The van der Waals surface area contributed by atoms with Crippen LogP contribution in [0.4, 0.5) is 11.5 Å². The molecule has 2 aromatic carbocycles. The fourth-order valence-corrected chi connectivity index (χ4v) is 3.95. The summed E-state index contributed by atoms with van der Waals surface area (Å²) in [4.78, 5) is 24.9. The molecule has 0 saturated carbocycles. The van der Waals surface area contributed by atoms with E-state index in [1.807, 2.05) is 56.6 Å². The smallest absolute Gasteiger partial charge is 0.274 e. The largest absolute Gasteiger partial charge is 0.487 e. The Morgan fingerprint density at radius 3 is 2.62 bits per heavy atom. The summed E-state index contributed by atoms with van der Waals surface area (Å²) in [5.74, 6) is 1.80. The minimum Gasteiger partial charge on any atom is -0.487 e. The number of hydrogen-bond acceptors (Lipinski definition) is 7. The molecule has 0 aliphatic carbocycles. The topological polar surface area (TPSA) is 98.3 Å². The zero-order valence-corrected chi connectivity index (χ0v) is 21.8. The molecule has 9 nitrogen and oxygen atoms in total. The lowest BCUT2D eigenvalue weighted by molar-refractivity contribution is -0.882. The van der Waals surface area contributed by atoms with Crippen LogP contribution < -0.4 is 20.1 Å². The summed E-state index contributed by atoms with van der Waals surface area (Å²) < 4.78 is 12.5. The summed E-state index contributed by atoms with van der Waals surface area (Å²) in [5.41, 5.74) is 2.31. The van der Waals surface area contributed by atoms with Gasteiger partial charge in [0.1, 0.15) is 43.4 Å². The number of likely N-dealkylation sites (N-methyl/N-ethyl adjacent to an activating group) is 2. The molecule has 1 amide bonds. The van der Waals surface area contributed by atoms with Crippen LogP contribution in [0.15, 0.2) is 67.1 Å². The van der Waals surface area contributed by atoms with Gasteiger partial charge in [0.05, 0.1) is 35.7 Å². The fourth-order valence-electron chi connectivity index (χ4n) is 3.71. The average Bonchev–Trinajstić information content (AvgIpc) is 2.88. The van der Waals surface area contributed by atoms with E-state index in [9.17, 15) is 4.79 Å². The van der Waals surface area contributed by atoms with E-state index in [1.54, 1.807) is 25.4 Å². The van der Waals surface area contributed by atoms with E-state index in [0.717, 1.165) is 22.3 Å². The Balaban J connectivity index is 1.48. The highest BCUT2D eigenvalue weighted by Crippen LogP contribution is 2.34. The highest BCUT2D eigenvalue weighted by atomic mass is 35.5. The Hall–Kier alpha value is -3.95. The Kier molecular flexibility index (Phi) is 8.37. The summed E-state index contributed by atoms with van der Waals surface area (Å²) in [7, 11) is 5.62. The van der Waals surface area contributed by atoms with Gasteiger partial charge in [0, 0.05) is 18.9 Å². The summed E-state index contributed by atoms with van der Waals surface area (Å²) >= 11 is 6.50. The molecule has 2 aromatic heterocycles. The number of pyridine rings is 1. The molecule has 4 aromatic rings. The van der Waals surface area contributed by atoms with E-state index in [4.69, 9.17) is 21.1 Å². The molecule has 0 aliphatic rings. The van der Waals surface area contributed by atoms with E-state index in [-0.39, 0.29) is 5.91 Å². The molecular weight excluding hydrogens is 492 g/mol. The van der Waals surface area contributed by atoms with Crippen LogP contribution in [0.25, 0.3) is 10.9 Å². The molecule has 0 bridgehead atoms. The lowest BCUT2D eigenvalue weighted by Gasteiger charge is -2.28. The number of rotatable bonds is 11. The highest BCUT2D eigenvalue weighted by molar-refractivity contribution is 6.32. The number of anilines is 2. The van der Waals surface area contributed by atoms with Gasteiger partial charge in [-0.25, -0.2) is 9.97 Å². The number of carbonyl (C=O) groups is 1.